The van der Waals surface area contributed by atoms with E-state index in [-0.39, 0.29) is 5.91 Å². The summed E-state index contributed by atoms with van der Waals surface area (Å²) in [4.78, 5) is 17.8. The first kappa shape index (κ1) is 21.5. The number of benzene rings is 1. The number of carbonyl (C=O) groups is 1. The third kappa shape index (κ3) is 4.42. The second-order valence-electron chi connectivity index (χ2n) is 9.86. The third-order valence-electron chi connectivity index (χ3n) is 7.79. The number of rotatable bonds is 3. The van der Waals surface area contributed by atoms with Crippen LogP contribution in [0.15, 0.2) is 48.8 Å². The summed E-state index contributed by atoms with van der Waals surface area (Å²) >= 11 is 5.78. The van der Waals surface area contributed by atoms with Gasteiger partial charge in [0.05, 0.1) is 11.3 Å². The number of piperidine rings is 1. The van der Waals surface area contributed by atoms with Gasteiger partial charge in [0, 0.05) is 44.6 Å². The summed E-state index contributed by atoms with van der Waals surface area (Å²) in [6.07, 6.45) is 13.8. The Bertz CT molecular complexity index is 942. The average Bonchev–Trinajstić information content (AvgIpc) is 3.51. The number of hydrogen-bond donors (Lipinski definition) is 1. The fourth-order valence-corrected chi connectivity index (χ4v) is 6.08. The Morgan fingerprint density at radius 3 is 2.28 bits per heavy atom. The molecular weight excluding hydrogens is 416 g/mol. The molecule has 6 heteroatoms. The van der Waals surface area contributed by atoms with Crippen LogP contribution in [0.3, 0.4) is 0 Å². The van der Waals surface area contributed by atoms with Crippen LogP contribution in [0.2, 0.25) is 0 Å². The number of amides is 1. The monoisotopic (exact) mass is 450 g/mol. The number of thiocarbonyl (C=S) groups is 1. The quantitative estimate of drug-likeness (QED) is 0.693. The number of likely N-dealkylation sites (tertiary alicyclic amines) is 2. The molecule has 1 aliphatic carbocycles. The van der Waals surface area contributed by atoms with Crippen molar-refractivity contribution in [3.8, 4) is 5.69 Å². The van der Waals surface area contributed by atoms with Crippen LogP contribution in [-0.4, -0.2) is 57.6 Å². The van der Waals surface area contributed by atoms with Crippen molar-refractivity contribution < 1.29 is 4.79 Å². The van der Waals surface area contributed by atoms with E-state index in [1.54, 1.807) is 0 Å². The molecule has 1 N–H and O–H groups in total. The van der Waals surface area contributed by atoms with Gasteiger partial charge < -0.3 is 19.7 Å². The fraction of sp³-hybridized carbons (Fsp3) is 0.538. The van der Waals surface area contributed by atoms with E-state index in [1.165, 1.54) is 38.5 Å². The highest BCUT2D eigenvalue weighted by molar-refractivity contribution is 7.80. The van der Waals surface area contributed by atoms with E-state index in [4.69, 9.17) is 12.2 Å². The van der Waals surface area contributed by atoms with Crippen molar-refractivity contribution in [2.24, 2.45) is 5.41 Å². The Morgan fingerprint density at radius 2 is 1.56 bits per heavy atom. The van der Waals surface area contributed by atoms with Gasteiger partial charge in [-0.2, -0.15) is 0 Å². The minimum atomic E-state index is 0.147. The van der Waals surface area contributed by atoms with Crippen LogP contribution in [0.1, 0.15) is 61.7 Å². The average molecular weight is 451 g/mol. The Morgan fingerprint density at radius 1 is 0.906 bits per heavy atom. The number of nitrogens with one attached hydrogen (secondary N) is 1. The van der Waals surface area contributed by atoms with Crippen LogP contribution in [-0.2, 0) is 0 Å². The lowest BCUT2D eigenvalue weighted by Crippen LogP contribution is -2.47. The molecule has 0 radical (unpaired) electrons. The molecule has 2 aromatic rings. The SMILES string of the molecule is O=C(c1ccccc1-n1cccc1)N1CCC2(CC1)CCN(C(=S)NC1CCCCC1)C2. The van der Waals surface area contributed by atoms with Crippen LogP contribution < -0.4 is 5.32 Å². The smallest absolute Gasteiger partial charge is 0.255 e. The predicted octanol–water partition coefficient (Wildman–Crippen LogP) is 4.61. The van der Waals surface area contributed by atoms with Gasteiger partial charge >= 0.3 is 0 Å². The van der Waals surface area contributed by atoms with Gasteiger partial charge in [0.15, 0.2) is 5.11 Å². The molecule has 2 aliphatic heterocycles. The topological polar surface area (TPSA) is 40.5 Å². The Hall–Kier alpha value is -2.34. The summed E-state index contributed by atoms with van der Waals surface area (Å²) in [6.45, 7) is 3.74. The first-order valence-electron chi connectivity index (χ1n) is 12.2. The minimum absolute atomic E-state index is 0.147. The van der Waals surface area contributed by atoms with Gasteiger partial charge in [-0.05, 0) is 74.0 Å². The van der Waals surface area contributed by atoms with E-state index >= 15 is 0 Å². The van der Waals surface area contributed by atoms with Crippen LogP contribution in [0.4, 0.5) is 0 Å². The molecule has 0 bridgehead atoms. The van der Waals surface area contributed by atoms with Crippen molar-refractivity contribution in [1.82, 2.24) is 19.7 Å². The van der Waals surface area contributed by atoms with E-state index in [9.17, 15) is 4.79 Å². The van der Waals surface area contributed by atoms with Crippen molar-refractivity contribution in [1.29, 1.82) is 0 Å². The number of aromatic nitrogens is 1. The molecule has 0 atom stereocenters. The van der Waals surface area contributed by atoms with Crippen LogP contribution in [0.25, 0.3) is 5.69 Å². The number of carbonyl (C=O) groups excluding carboxylic acids is 1. The fourth-order valence-electron chi connectivity index (χ4n) is 5.76. The molecule has 5 nitrogen and oxygen atoms in total. The largest absolute Gasteiger partial charge is 0.360 e. The van der Waals surface area contributed by atoms with Crippen molar-refractivity contribution in [3.63, 3.8) is 0 Å². The molecule has 1 aromatic carbocycles. The molecule has 170 valence electrons. The summed E-state index contributed by atoms with van der Waals surface area (Å²) in [5.41, 5.74) is 2.04. The molecule has 1 amide bonds. The molecule has 2 saturated heterocycles. The number of nitrogens with zero attached hydrogens (tertiary/aromatic N) is 3. The first-order chi connectivity index (χ1) is 15.6. The number of para-hydroxylation sites is 1. The molecule has 1 spiro atoms. The molecule has 32 heavy (non-hydrogen) atoms. The predicted molar refractivity (Wildman–Crippen MR) is 132 cm³/mol. The minimum Gasteiger partial charge on any atom is -0.360 e. The Labute approximate surface area is 196 Å². The zero-order valence-electron chi connectivity index (χ0n) is 18.8. The van der Waals surface area contributed by atoms with Crippen LogP contribution in [0, 0.1) is 5.41 Å². The standard InChI is InChI=1S/C26H34N4OS/c31-24(22-10-4-5-11-23(22)28-15-6-7-16-28)29-17-12-26(13-18-29)14-19-30(20-26)25(32)27-21-8-2-1-3-9-21/h4-7,10-11,15-16,21H,1-3,8-9,12-14,17-20H2,(H,27,32). The van der Waals surface area contributed by atoms with Gasteiger partial charge in [-0.15, -0.1) is 0 Å². The normalized spacial score (nSPS) is 21.1. The molecule has 0 unspecified atom stereocenters. The maximum atomic E-state index is 13.4. The number of hydrogen-bond acceptors (Lipinski definition) is 2. The van der Waals surface area contributed by atoms with E-state index < -0.39 is 0 Å². The molecule has 3 fully saturated rings. The molecule has 3 aliphatic rings. The second-order valence-corrected chi connectivity index (χ2v) is 10.2. The van der Waals surface area contributed by atoms with Crippen LogP contribution >= 0.6 is 12.2 Å². The summed E-state index contributed by atoms with van der Waals surface area (Å²) in [5, 5.41) is 4.59. The highest BCUT2D eigenvalue weighted by Gasteiger charge is 2.42. The maximum Gasteiger partial charge on any atom is 0.255 e. The third-order valence-corrected chi connectivity index (χ3v) is 8.16. The molecule has 1 aromatic heterocycles. The molecule has 1 saturated carbocycles. The van der Waals surface area contributed by atoms with E-state index in [2.05, 4.69) is 15.1 Å². The summed E-state index contributed by atoms with van der Waals surface area (Å²) < 4.78 is 2.02. The summed E-state index contributed by atoms with van der Waals surface area (Å²) in [7, 11) is 0. The van der Waals surface area contributed by atoms with E-state index in [0.717, 1.165) is 55.4 Å². The Balaban J connectivity index is 1.19. The van der Waals surface area contributed by atoms with Gasteiger partial charge in [0.2, 0.25) is 0 Å². The summed E-state index contributed by atoms with van der Waals surface area (Å²) in [6, 6.07) is 12.5. The second kappa shape index (κ2) is 9.26. The molecule has 3 heterocycles. The van der Waals surface area contributed by atoms with E-state index in [0.29, 0.717) is 11.5 Å². The van der Waals surface area contributed by atoms with Gasteiger partial charge in [0.25, 0.3) is 5.91 Å². The lowest BCUT2D eigenvalue weighted by atomic mass is 9.77. The molecular formula is C26H34N4OS. The van der Waals surface area contributed by atoms with Crippen molar-refractivity contribution in [2.75, 3.05) is 26.2 Å². The zero-order valence-corrected chi connectivity index (χ0v) is 19.7. The zero-order chi connectivity index (χ0) is 22.0. The lowest BCUT2D eigenvalue weighted by molar-refractivity contribution is 0.0598. The van der Waals surface area contributed by atoms with Crippen molar-refractivity contribution >= 4 is 23.2 Å². The maximum absolute atomic E-state index is 13.4. The first-order valence-corrected chi connectivity index (χ1v) is 12.6. The Kier molecular flexibility index (Phi) is 6.22. The van der Waals surface area contributed by atoms with Crippen molar-refractivity contribution in [2.45, 2.75) is 57.4 Å². The van der Waals surface area contributed by atoms with Crippen molar-refractivity contribution in [3.05, 3.63) is 54.4 Å². The van der Waals surface area contributed by atoms with Gasteiger partial charge in [-0.25, -0.2) is 0 Å². The highest BCUT2D eigenvalue weighted by atomic mass is 32.1. The lowest BCUT2D eigenvalue weighted by Gasteiger charge is -2.39. The van der Waals surface area contributed by atoms with E-state index in [1.807, 2.05) is 53.4 Å². The van der Waals surface area contributed by atoms with Gasteiger partial charge in [-0.3, -0.25) is 4.79 Å². The highest BCUT2D eigenvalue weighted by Crippen LogP contribution is 2.41. The van der Waals surface area contributed by atoms with Gasteiger partial charge in [0.1, 0.15) is 0 Å². The molecule has 5 rings (SSSR count). The van der Waals surface area contributed by atoms with Gasteiger partial charge in [-0.1, -0.05) is 31.4 Å². The van der Waals surface area contributed by atoms with Crippen LogP contribution in [0.5, 0.6) is 0 Å². The summed E-state index contributed by atoms with van der Waals surface area (Å²) in [5.74, 6) is 0.147.